The number of rotatable bonds is 4. The van der Waals surface area contributed by atoms with Crippen molar-refractivity contribution in [2.24, 2.45) is 11.7 Å². The third-order valence-electron chi connectivity index (χ3n) is 3.85. The Labute approximate surface area is 122 Å². The van der Waals surface area contributed by atoms with Gasteiger partial charge in [-0.3, -0.25) is 4.90 Å². The van der Waals surface area contributed by atoms with E-state index in [1.54, 1.807) is 12.1 Å². The molecule has 2 rings (SSSR count). The summed E-state index contributed by atoms with van der Waals surface area (Å²) in [7, 11) is 0. The van der Waals surface area contributed by atoms with E-state index in [2.05, 4.69) is 9.64 Å². The molecule has 1 aromatic carbocycles. The third kappa shape index (κ3) is 5.21. The van der Waals surface area contributed by atoms with Gasteiger partial charge in [0, 0.05) is 19.1 Å². The monoisotopic (exact) mass is 302 g/mol. The minimum atomic E-state index is -4.64. The van der Waals surface area contributed by atoms with Crippen LogP contribution in [-0.2, 0) is 6.54 Å². The Morgan fingerprint density at radius 1 is 1.33 bits per heavy atom. The van der Waals surface area contributed by atoms with Crippen LogP contribution in [0.4, 0.5) is 13.2 Å². The normalized spacial score (nSPS) is 22.0. The van der Waals surface area contributed by atoms with Gasteiger partial charge in [-0.2, -0.15) is 0 Å². The van der Waals surface area contributed by atoms with Gasteiger partial charge in [0.05, 0.1) is 0 Å². The molecule has 118 valence electrons. The maximum Gasteiger partial charge on any atom is 0.573 e. The Balaban J connectivity index is 1.91. The molecule has 0 saturated carbocycles. The number of piperidine rings is 1. The molecule has 1 aromatic rings. The molecule has 0 bridgehead atoms. The Kier molecular flexibility index (Phi) is 5.11. The van der Waals surface area contributed by atoms with Gasteiger partial charge in [0.25, 0.3) is 0 Å². The molecule has 0 radical (unpaired) electrons. The molecule has 6 heteroatoms. The minimum Gasteiger partial charge on any atom is -0.406 e. The third-order valence-corrected chi connectivity index (χ3v) is 3.85. The second kappa shape index (κ2) is 6.66. The lowest BCUT2D eigenvalue weighted by molar-refractivity contribution is -0.274. The topological polar surface area (TPSA) is 38.5 Å². The second-order valence-corrected chi connectivity index (χ2v) is 5.69. The second-order valence-electron chi connectivity index (χ2n) is 5.69. The van der Waals surface area contributed by atoms with Gasteiger partial charge in [0.15, 0.2) is 0 Å². The highest BCUT2D eigenvalue weighted by atomic mass is 19.4. The van der Waals surface area contributed by atoms with E-state index in [0.29, 0.717) is 5.92 Å². The largest absolute Gasteiger partial charge is 0.573 e. The zero-order valence-electron chi connectivity index (χ0n) is 12.1. The van der Waals surface area contributed by atoms with Crippen LogP contribution in [0.3, 0.4) is 0 Å². The van der Waals surface area contributed by atoms with Gasteiger partial charge in [0.2, 0.25) is 0 Å². The number of alkyl halides is 3. The fraction of sp³-hybridized carbons (Fsp3) is 0.600. The molecular weight excluding hydrogens is 281 g/mol. The summed E-state index contributed by atoms with van der Waals surface area (Å²) in [6, 6.07) is 6.24. The van der Waals surface area contributed by atoms with Crippen LogP contribution >= 0.6 is 0 Å². The van der Waals surface area contributed by atoms with Gasteiger partial charge in [-0.05, 0) is 49.9 Å². The molecule has 1 saturated heterocycles. The van der Waals surface area contributed by atoms with E-state index in [4.69, 9.17) is 5.73 Å². The van der Waals surface area contributed by atoms with Gasteiger partial charge in [-0.25, -0.2) is 0 Å². The van der Waals surface area contributed by atoms with E-state index in [1.165, 1.54) is 12.1 Å². The summed E-state index contributed by atoms with van der Waals surface area (Å²) in [4.78, 5) is 2.30. The van der Waals surface area contributed by atoms with Crippen molar-refractivity contribution in [2.75, 3.05) is 13.1 Å². The van der Waals surface area contributed by atoms with Crippen LogP contribution in [0.15, 0.2) is 24.3 Å². The maximum absolute atomic E-state index is 12.1. The van der Waals surface area contributed by atoms with Gasteiger partial charge >= 0.3 is 6.36 Å². The molecule has 0 aromatic heterocycles. The van der Waals surface area contributed by atoms with Gasteiger partial charge in [-0.1, -0.05) is 12.1 Å². The van der Waals surface area contributed by atoms with E-state index in [9.17, 15) is 13.2 Å². The highest BCUT2D eigenvalue weighted by molar-refractivity contribution is 5.27. The van der Waals surface area contributed by atoms with Gasteiger partial charge < -0.3 is 10.5 Å². The maximum atomic E-state index is 12.1. The first-order chi connectivity index (χ1) is 9.83. The molecule has 1 aliphatic heterocycles. The standard InChI is InChI=1S/C15H21F3N2O/c1-11(19)13-3-2-8-20(10-13)9-12-4-6-14(7-5-12)21-15(16,17)18/h4-7,11,13H,2-3,8-10,19H2,1H3. The number of hydrogen-bond donors (Lipinski definition) is 1. The van der Waals surface area contributed by atoms with Crippen molar-refractivity contribution in [1.82, 2.24) is 4.90 Å². The molecular formula is C15H21F3N2O. The van der Waals surface area contributed by atoms with Gasteiger partial charge in [-0.15, -0.1) is 13.2 Å². The van der Waals surface area contributed by atoms with Crippen molar-refractivity contribution in [3.05, 3.63) is 29.8 Å². The molecule has 0 aliphatic carbocycles. The highest BCUT2D eigenvalue weighted by Crippen LogP contribution is 2.24. The molecule has 3 nitrogen and oxygen atoms in total. The Morgan fingerprint density at radius 3 is 2.57 bits per heavy atom. The molecule has 0 amide bonds. The van der Waals surface area contributed by atoms with Crippen LogP contribution in [0.2, 0.25) is 0 Å². The predicted octanol–water partition coefficient (Wildman–Crippen LogP) is 3.14. The number of nitrogens with zero attached hydrogens (tertiary/aromatic N) is 1. The van der Waals surface area contributed by atoms with E-state index in [1.807, 2.05) is 6.92 Å². The van der Waals surface area contributed by atoms with Crippen molar-refractivity contribution >= 4 is 0 Å². The number of hydrogen-bond acceptors (Lipinski definition) is 3. The van der Waals surface area contributed by atoms with Crippen LogP contribution in [0.5, 0.6) is 5.75 Å². The van der Waals surface area contributed by atoms with E-state index in [0.717, 1.165) is 38.0 Å². The number of likely N-dealkylation sites (tertiary alicyclic amines) is 1. The van der Waals surface area contributed by atoms with Crippen LogP contribution in [0, 0.1) is 5.92 Å². The first-order valence-corrected chi connectivity index (χ1v) is 7.16. The summed E-state index contributed by atoms with van der Waals surface area (Å²) < 4.78 is 40.1. The molecule has 1 aliphatic rings. The SMILES string of the molecule is CC(N)C1CCCN(Cc2ccc(OC(F)(F)F)cc2)C1. The van der Waals surface area contributed by atoms with Crippen molar-refractivity contribution < 1.29 is 17.9 Å². The summed E-state index contributed by atoms with van der Waals surface area (Å²) in [5.41, 5.74) is 6.93. The summed E-state index contributed by atoms with van der Waals surface area (Å²) in [5.74, 6) is 0.310. The number of nitrogens with two attached hydrogens (primary N) is 1. The van der Waals surface area contributed by atoms with Crippen molar-refractivity contribution in [2.45, 2.75) is 38.7 Å². The van der Waals surface area contributed by atoms with Crippen molar-refractivity contribution in [1.29, 1.82) is 0 Å². The van der Waals surface area contributed by atoms with E-state index < -0.39 is 6.36 Å². The average molecular weight is 302 g/mol. The summed E-state index contributed by atoms with van der Waals surface area (Å²) in [6.45, 7) is 4.70. The van der Waals surface area contributed by atoms with Crippen molar-refractivity contribution in [3.8, 4) is 5.75 Å². The lowest BCUT2D eigenvalue weighted by Crippen LogP contribution is -2.41. The molecule has 1 heterocycles. The van der Waals surface area contributed by atoms with Crippen molar-refractivity contribution in [3.63, 3.8) is 0 Å². The van der Waals surface area contributed by atoms with Crippen LogP contribution in [0.1, 0.15) is 25.3 Å². The first-order valence-electron chi connectivity index (χ1n) is 7.16. The number of ether oxygens (including phenoxy) is 1. The molecule has 21 heavy (non-hydrogen) atoms. The Bertz CT molecular complexity index is 445. The molecule has 1 fully saturated rings. The van der Waals surface area contributed by atoms with Crippen LogP contribution in [0.25, 0.3) is 0 Å². The summed E-state index contributed by atoms with van der Waals surface area (Å²) in [6.07, 6.45) is -2.38. The summed E-state index contributed by atoms with van der Waals surface area (Å²) in [5, 5.41) is 0. The Morgan fingerprint density at radius 2 is 2.00 bits per heavy atom. The predicted molar refractivity (Wildman–Crippen MR) is 74.8 cm³/mol. The molecule has 2 atom stereocenters. The lowest BCUT2D eigenvalue weighted by atomic mass is 9.92. The average Bonchev–Trinajstić information content (AvgIpc) is 2.40. The number of halogens is 3. The molecule has 0 spiro atoms. The quantitative estimate of drug-likeness (QED) is 0.928. The summed E-state index contributed by atoms with van der Waals surface area (Å²) >= 11 is 0. The first kappa shape index (κ1) is 16.1. The lowest BCUT2D eigenvalue weighted by Gasteiger charge is -2.34. The fourth-order valence-electron chi connectivity index (χ4n) is 2.72. The Hall–Kier alpha value is -1.27. The van der Waals surface area contributed by atoms with Gasteiger partial charge in [0.1, 0.15) is 5.75 Å². The van der Waals surface area contributed by atoms with Crippen LogP contribution in [-0.4, -0.2) is 30.4 Å². The fourth-order valence-corrected chi connectivity index (χ4v) is 2.72. The van der Waals surface area contributed by atoms with E-state index >= 15 is 0 Å². The zero-order valence-corrected chi connectivity index (χ0v) is 12.1. The minimum absolute atomic E-state index is 0.176. The van der Waals surface area contributed by atoms with Crippen LogP contribution < -0.4 is 10.5 Å². The number of benzene rings is 1. The molecule has 2 unspecified atom stereocenters. The van der Waals surface area contributed by atoms with E-state index in [-0.39, 0.29) is 11.8 Å². The molecule has 2 N–H and O–H groups in total. The zero-order chi connectivity index (χ0) is 15.5. The smallest absolute Gasteiger partial charge is 0.406 e. The highest BCUT2D eigenvalue weighted by Gasteiger charge is 2.31.